The number of anilines is 1. The molecule has 1 aliphatic rings. The lowest BCUT2D eigenvalue weighted by Crippen LogP contribution is -2.44. The van der Waals surface area contributed by atoms with Gasteiger partial charge in [-0.05, 0) is 44.5 Å². The van der Waals surface area contributed by atoms with E-state index in [4.69, 9.17) is 4.74 Å². The van der Waals surface area contributed by atoms with Crippen molar-refractivity contribution < 1.29 is 14.6 Å². The first-order chi connectivity index (χ1) is 10.1. The van der Waals surface area contributed by atoms with E-state index < -0.39 is 0 Å². The van der Waals surface area contributed by atoms with Crippen LogP contribution in [0.1, 0.15) is 32.6 Å². The Labute approximate surface area is 125 Å². The molecule has 1 amide bonds. The zero-order valence-corrected chi connectivity index (χ0v) is 12.7. The monoisotopic (exact) mass is 292 g/mol. The smallest absolute Gasteiger partial charge is 0.230 e. The van der Waals surface area contributed by atoms with Gasteiger partial charge >= 0.3 is 0 Å². The van der Waals surface area contributed by atoms with E-state index >= 15 is 0 Å². The summed E-state index contributed by atoms with van der Waals surface area (Å²) in [5.74, 6) is 0.664. The first-order valence-corrected chi connectivity index (χ1v) is 7.50. The number of nitrogens with one attached hydrogen (secondary N) is 2. The van der Waals surface area contributed by atoms with E-state index in [0.29, 0.717) is 11.4 Å². The van der Waals surface area contributed by atoms with Crippen LogP contribution in [0.15, 0.2) is 18.2 Å². The summed E-state index contributed by atoms with van der Waals surface area (Å²) in [4.78, 5) is 12.7. The van der Waals surface area contributed by atoms with Gasteiger partial charge in [-0.1, -0.05) is 13.3 Å². The molecule has 0 radical (unpaired) electrons. The van der Waals surface area contributed by atoms with Gasteiger partial charge in [-0.3, -0.25) is 4.79 Å². The highest BCUT2D eigenvalue weighted by molar-refractivity contribution is 5.96. The second-order valence-electron chi connectivity index (χ2n) is 5.62. The Morgan fingerprint density at radius 2 is 2.14 bits per heavy atom. The van der Waals surface area contributed by atoms with Crippen molar-refractivity contribution in [3.63, 3.8) is 0 Å². The quantitative estimate of drug-likeness (QED) is 0.729. The Morgan fingerprint density at radius 3 is 2.76 bits per heavy atom. The van der Waals surface area contributed by atoms with Crippen molar-refractivity contribution in [2.24, 2.45) is 5.41 Å². The number of carbonyl (C=O) groups is 1. The van der Waals surface area contributed by atoms with E-state index in [0.717, 1.165) is 38.8 Å². The van der Waals surface area contributed by atoms with Crippen LogP contribution < -0.4 is 15.4 Å². The molecule has 21 heavy (non-hydrogen) atoms. The molecule has 3 N–H and O–H groups in total. The van der Waals surface area contributed by atoms with Crippen LogP contribution in [0.4, 0.5) is 5.69 Å². The van der Waals surface area contributed by atoms with Crippen molar-refractivity contribution in [3.8, 4) is 11.5 Å². The summed E-state index contributed by atoms with van der Waals surface area (Å²) in [5.41, 5.74) is 0.0727. The third kappa shape index (κ3) is 3.47. The lowest BCUT2D eigenvalue weighted by molar-refractivity contribution is -0.127. The van der Waals surface area contributed by atoms with E-state index in [1.54, 1.807) is 19.2 Å². The Bertz CT molecular complexity index is 491. The standard InChI is InChI=1S/C16H24N2O3/c1-3-6-16(7-9-17-10-8-16)15(20)18-13-11-12(21-2)4-5-14(13)19/h4-5,11,17,19H,3,6-10H2,1-2H3,(H,18,20). The lowest BCUT2D eigenvalue weighted by Gasteiger charge is -2.36. The van der Waals surface area contributed by atoms with Crippen LogP contribution in [0, 0.1) is 5.41 Å². The molecule has 0 saturated carbocycles. The molecule has 0 spiro atoms. The summed E-state index contributed by atoms with van der Waals surface area (Å²) in [6.07, 6.45) is 3.50. The molecule has 0 aliphatic carbocycles. The number of phenolic OH excluding ortho intramolecular Hbond substituents is 1. The zero-order valence-electron chi connectivity index (χ0n) is 12.7. The van der Waals surface area contributed by atoms with Gasteiger partial charge < -0.3 is 20.5 Å². The zero-order chi connectivity index (χ0) is 15.3. The number of methoxy groups -OCH3 is 1. The Morgan fingerprint density at radius 1 is 1.43 bits per heavy atom. The van der Waals surface area contributed by atoms with Crippen molar-refractivity contribution in [1.29, 1.82) is 0 Å². The fourth-order valence-electron chi connectivity index (χ4n) is 2.97. The molecule has 1 aliphatic heterocycles. The second kappa shape index (κ2) is 6.80. The average Bonchev–Trinajstić information content (AvgIpc) is 2.50. The Hall–Kier alpha value is -1.75. The molecule has 5 heteroatoms. The summed E-state index contributed by atoms with van der Waals surface area (Å²) in [5, 5.41) is 16.1. The Balaban J connectivity index is 2.18. The van der Waals surface area contributed by atoms with Crippen molar-refractivity contribution in [1.82, 2.24) is 5.32 Å². The molecule has 1 saturated heterocycles. The molecule has 0 unspecified atom stereocenters. The molecule has 0 atom stereocenters. The molecule has 1 fully saturated rings. The number of hydrogen-bond donors (Lipinski definition) is 3. The van der Waals surface area contributed by atoms with Gasteiger partial charge in [0.05, 0.1) is 18.2 Å². The van der Waals surface area contributed by atoms with Crippen LogP contribution >= 0.6 is 0 Å². The van der Waals surface area contributed by atoms with Crippen LogP contribution in [-0.4, -0.2) is 31.2 Å². The maximum Gasteiger partial charge on any atom is 0.230 e. The molecule has 0 aromatic heterocycles. The first kappa shape index (κ1) is 15.6. The maximum absolute atomic E-state index is 12.7. The number of piperidine rings is 1. The number of rotatable bonds is 5. The van der Waals surface area contributed by atoms with Gasteiger partial charge in [-0.25, -0.2) is 0 Å². The van der Waals surface area contributed by atoms with Gasteiger partial charge in [0.2, 0.25) is 5.91 Å². The highest BCUT2D eigenvalue weighted by Crippen LogP contribution is 2.37. The van der Waals surface area contributed by atoms with Crippen molar-refractivity contribution in [3.05, 3.63) is 18.2 Å². The number of aromatic hydroxyl groups is 1. The summed E-state index contributed by atoms with van der Waals surface area (Å²) in [6.45, 7) is 3.81. The van der Waals surface area contributed by atoms with Crippen LogP contribution in [0.25, 0.3) is 0 Å². The number of ether oxygens (including phenoxy) is 1. The molecule has 116 valence electrons. The minimum absolute atomic E-state index is 0.00518. The van der Waals surface area contributed by atoms with Gasteiger partial charge in [-0.15, -0.1) is 0 Å². The van der Waals surface area contributed by atoms with E-state index in [2.05, 4.69) is 17.6 Å². The van der Waals surface area contributed by atoms with E-state index in [1.807, 2.05) is 0 Å². The third-order valence-electron chi connectivity index (χ3n) is 4.22. The molecule has 2 rings (SSSR count). The van der Waals surface area contributed by atoms with Gasteiger partial charge in [-0.2, -0.15) is 0 Å². The summed E-state index contributed by atoms with van der Waals surface area (Å²) >= 11 is 0. The van der Waals surface area contributed by atoms with Crippen molar-refractivity contribution in [2.75, 3.05) is 25.5 Å². The van der Waals surface area contributed by atoms with Gasteiger partial charge in [0.15, 0.2) is 0 Å². The summed E-state index contributed by atoms with van der Waals surface area (Å²) < 4.78 is 5.14. The third-order valence-corrected chi connectivity index (χ3v) is 4.22. The number of benzene rings is 1. The minimum Gasteiger partial charge on any atom is -0.506 e. The highest BCUT2D eigenvalue weighted by Gasteiger charge is 2.38. The number of phenols is 1. The Kier molecular flexibility index (Phi) is 5.07. The second-order valence-corrected chi connectivity index (χ2v) is 5.62. The number of hydrogen-bond acceptors (Lipinski definition) is 4. The first-order valence-electron chi connectivity index (χ1n) is 7.50. The van der Waals surface area contributed by atoms with Crippen molar-refractivity contribution in [2.45, 2.75) is 32.6 Å². The van der Waals surface area contributed by atoms with Crippen LogP contribution in [0.5, 0.6) is 11.5 Å². The van der Waals surface area contributed by atoms with Crippen molar-refractivity contribution >= 4 is 11.6 Å². The predicted octanol–water partition coefficient (Wildman–Crippen LogP) is 2.51. The number of carbonyl (C=O) groups excluding carboxylic acids is 1. The SMILES string of the molecule is CCCC1(C(=O)Nc2cc(OC)ccc2O)CCNCC1. The fraction of sp³-hybridized carbons (Fsp3) is 0.562. The van der Waals surface area contributed by atoms with Crippen LogP contribution in [0.3, 0.4) is 0 Å². The van der Waals surface area contributed by atoms with Gasteiger partial charge in [0, 0.05) is 6.07 Å². The predicted molar refractivity (Wildman–Crippen MR) is 82.7 cm³/mol. The minimum atomic E-state index is -0.338. The number of amides is 1. The summed E-state index contributed by atoms with van der Waals surface area (Å²) in [7, 11) is 1.56. The maximum atomic E-state index is 12.7. The molecular formula is C16H24N2O3. The summed E-state index contributed by atoms with van der Waals surface area (Å²) in [6, 6.07) is 4.84. The fourth-order valence-corrected chi connectivity index (χ4v) is 2.97. The lowest BCUT2D eigenvalue weighted by atomic mass is 9.74. The van der Waals surface area contributed by atoms with Crippen LogP contribution in [-0.2, 0) is 4.79 Å². The molecule has 0 bridgehead atoms. The average molecular weight is 292 g/mol. The van der Waals surface area contributed by atoms with E-state index in [-0.39, 0.29) is 17.1 Å². The van der Waals surface area contributed by atoms with E-state index in [1.165, 1.54) is 6.07 Å². The van der Waals surface area contributed by atoms with E-state index in [9.17, 15) is 9.90 Å². The normalized spacial score (nSPS) is 17.2. The molecule has 5 nitrogen and oxygen atoms in total. The van der Waals surface area contributed by atoms with Gasteiger partial charge in [0.25, 0.3) is 0 Å². The largest absolute Gasteiger partial charge is 0.506 e. The molecular weight excluding hydrogens is 268 g/mol. The topological polar surface area (TPSA) is 70.6 Å². The molecule has 1 heterocycles. The highest BCUT2D eigenvalue weighted by atomic mass is 16.5. The molecule has 1 aromatic carbocycles. The molecule has 1 aromatic rings. The van der Waals surface area contributed by atoms with Crippen LogP contribution in [0.2, 0.25) is 0 Å². The van der Waals surface area contributed by atoms with Gasteiger partial charge in [0.1, 0.15) is 11.5 Å².